The topological polar surface area (TPSA) is 44.1 Å². The van der Waals surface area contributed by atoms with E-state index in [1.165, 1.54) is 0 Å². The van der Waals surface area contributed by atoms with Gasteiger partial charge in [0.25, 0.3) is 5.56 Å². The van der Waals surface area contributed by atoms with E-state index in [-0.39, 0.29) is 11.6 Å². The van der Waals surface area contributed by atoms with Gasteiger partial charge < -0.3 is 4.74 Å². The molecule has 0 spiro atoms. The van der Waals surface area contributed by atoms with Crippen molar-refractivity contribution in [1.82, 2.24) is 9.55 Å². The molecule has 0 N–H and O–H groups in total. The lowest BCUT2D eigenvalue weighted by Crippen LogP contribution is -2.31. The van der Waals surface area contributed by atoms with Crippen molar-refractivity contribution in [2.75, 3.05) is 13.2 Å². The first-order chi connectivity index (χ1) is 11.6. The Labute approximate surface area is 149 Å². The van der Waals surface area contributed by atoms with Crippen molar-refractivity contribution < 1.29 is 4.74 Å². The molecule has 1 aromatic heterocycles. The molecular formula is C19H19BrN2O2. The highest BCUT2D eigenvalue weighted by molar-refractivity contribution is 9.10. The summed E-state index contributed by atoms with van der Waals surface area (Å²) in [6.07, 6.45) is 0. The largest absolute Gasteiger partial charge is 0.379 e. The minimum absolute atomic E-state index is 0.0487. The van der Waals surface area contributed by atoms with Crippen LogP contribution >= 0.6 is 15.9 Å². The van der Waals surface area contributed by atoms with Gasteiger partial charge in [-0.1, -0.05) is 46.3 Å². The predicted octanol–water partition coefficient (Wildman–Crippen LogP) is 4.09. The van der Waals surface area contributed by atoms with Crippen molar-refractivity contribution in [3.63, 3.8) is 0 Å². The molecule has 0 amide bonds. The van der Waals surface area contributed by atoms with E-state index in [1.807, 2.05) is 62.4 Å². The summed E-state index contributed by atoms with van der Waals surface area (Å²) in [7, 11) is 0. The summed E-state index contributed by atoms with van der Waals surface area (Å²) in [6.45, 7) is 4.85. The summed E-state index contributed by atoms with van der Waals surface area (Å²) < 4.78 is 8.26. The number of rotatable bonds is 5. The van der Waals surface area contributed by atoms with Gasteiger partial charge in [0.05, 0.1) is 23.6 Å². The van der Waals surface area contributed by atoms with Gasteiger partial charge in [-0.25, -0.2) is 4.98 Å². The lowest BCUT2D eigenvalue weighted by Gasteiger charge is -2.22. The molecule has 3 rings (SSSR count). The van der Waals surface area contributed by atoms with Gasteiger partial charge in [0.2, 0.25) is 0 Å². The highest BCUT2D eigenvalue weighted by Crippen LogP contribution is 2.21. The van der Waals surface area contributed by atoms with Crippen molar-refractivity contribution in [3.8, 4) is 0 Å². The molecule has 0 unspecified atom stereocenters. The first kappa shape index (κ1) is 16.9. The van der Waals surface area contributed by atoms with Crippen LogP contribution in [0.1, 0.15) is 24.4 Å². The maximum atomic E-state index is 13.1. The van der Waals surface area contributed by atoms with E-state index in [0.717, 1.165) is 10.0 Å². The highest BCUT2D eigenvalue weighted by atomic mass is 79.9. The maximum Gasteiger partial charge on any atom is 0.262 e. The molecule has 0 aliphatic carbocycles. The Balaban J connectivity index is 2.22. The summed E-state index contributed by atoms with van der Waals surface area (Å²) in [5.41, 5.74) is 1.69. The molecule has 5 heteroatoms. The number of aromatic nitrogens is 2. The maximum absolute atomic E-state index is 13.1. The lowest BCUT2D eigenvalue weighted by molar-refractivity contribution is 0.123. The second-order valence-corrected chi connectivity index (χ2v) is 6.50. The fourth-order valence-corrected chi connectivity index (χ4v) is 3.23. The van der Waals surface area contributed by atoms with Crippen molar-refractivity contribution >= 4 is 26.8 Å². The van der Waals surface area contributed by atoms with E-state index in [0.29, 0.717) is 29.9 Å². The van der Waals surface area contributed by atoms with Crippen LogP contribution in [0, 0.1) is 6.92 Å². The molecule has 3 aromatic rings. The Bertz CT molecular complexity index is 906. The smallest absolute Gasteiger partial charge is 0.262 e. The number of halogens is 1. The number of nitrogens with zero attached hydrogens (tertiary/aromatic N) is 2. The van der Waals surface area contributed by atoms with E-state index < -0.39 is 0 Å². The molecule has 0 bridgehead atoms. The second kappa shape index (κ2) is 7.28. The van der Waals surface area contributed by atoms with Crippen LogP contribution < -0.4 is 5.56 Å². The first-order valence-corrected chi connectivity index (χ1v) is 8.72. The van der Waals surface area contributed by atoms with Crippen LogP contribution in [0.3, 0.4) is 0 Å². The molecule has 1 atom stereocenters. The molecule has 1 heterocycles. The zero-order valence-corrected chi connectivity index (χ0v) is 15.3. The van der Waals surface area contributed by atoms with E-state index >= 15 is 0 Å². The average molecular weight is 387 g/mol. The number of fused-ring (bicyclic) bond motifs is 1. The van der Waals surface area contributed by atoms with Gasteiger partial charge in [-0.15, -0.1) is 0 Å². The van der Waals surface area contributed by atoms with Crippen molar-refractivity contribution in [2.24, 2.45) is 0 Å². The summed E-state index contributed by atoms with van der Waals surface area (Å²) in [6, 6.07) is 15.3. The van der Waals surface area contributed by atoms with Crippen LogP contribution in [0.15, 0.2) is 57.8 Å². The molecule has 4 nitrogen and oxygen atoms in total. The van der Waals surface area contributed by atoms with Crippen LogP contribution in [0.2, 0.25) is 0 Å². The minimum atomic E-state index is -0.200. The zero-order chi connectivity index (χ0) is 17.1. The van der Waals surface area contributed by atoms with Gasteiger partial charge in [0.1, 0.15) is 5.82 Å². The number of hydrogen-bond acceptors (Lipinski definition) is 3. The number of hydrogen-bond donors (Lipinski definition) is 0. The standard InChI is InChI=1S/C19H19BrN2O2/c1-3-24-12-18(14-7-5-4-6-8-14)22-13(2)21-17-10-9-15(20)11-16(17)19(22)23/h4-11,18H,3,12H2,1-2H3/t18-/m1/s1. The molecule has 24 heavy (non-hydrogen) atoms. The Morgan fingerprint density at radius 1 is 1.21 bits per heavy atom. The Hall–Kier alpha value is -1.98. The fraction of sp³-hybridized carbons (Fsp3) is 0.263. The van der Waals surface area contributed by atoms with Crippen LogP contribution in [-0.4, -0.2) is 22.8 Å². The minimum Gasteiger partial charge on any atom is -0.379 e. The predicted molar refractivity (Wildman–Crippen MR) is 99.5 cm³/mol. The highest BCUT2D eigenvalue weighted by Gasteiger charge is 2.19. The van der Waals surface area contributed by atoms with Crippen LogP contribution in [0.5, 0.6) is 0 Å². The molecule has 2 aromatic carbocycles. The Morgan fingerprint density at radius 2 is 1.96 bits per heavy atom. The summed E-state index contributed by atoms with van der Waals surface area (Å²) in [5, 5.41) is 0.604. The zero-order valence-electron chi connectivity index (χ0n) is 13.7. The summed E-state index contributed by atoms with van der Waals surface area (Å²) in [4.78, 5) is 17.7. The molecular weight excluding hydrogens is 368 g/mol. The Kier molecular flexibility index (Phi) is 5.11. The number of benzene rings is 2. The van der Waals surface area contributed by atoms with E-state index in [1.54, 1.807) is 4.57 Å². The van der Waals surface area contributed by atoms with E-state index in [9.17, 15) is 4.79 Å². The van der Waals surface area contributed by atoms with Crippen LogP contribution in [0.4, 0.5) is 0 Å². The number of ether oxygens (including phenoxy) is 1. The van der Waals surface area contributed by atoms with E-state index in [4.69, 9.17) is 4.74 Å². The van der Waals surface area contributed by atoms with Gasteiger partial charge in [-0.2, -0.15) is 0 Å². The molecule has 0 radical (unpaired) electrons. The van der Waals surface area contributed by atoms with Gasteiger partial charge in [-0.3, -0.25) is 9.36 Å². The molecule has 0 saturated heterocycles. The summed E-state index contributed by atoms with van der Waals surface area (Å²) >= 11 is 3.43. The molecule has 0 aliphatic rings. The summed E-state index contributed by atoms with van der Waals surface area (Å²) in [5.74, 6) is 0.684. The molecule has 124 valence electrons. The van der Waals surface area contributed by atoms with E-state index in [2.05, 4.69) is 20.9 Å². The van der Waals surface area contributed by atoms with Crippen LogP contribution in [0.25, 0.3) is 10.9 Å². The third-order valence-corrected chi connectivity index (χ3v) is 4.51. The average Bonchev–Trinajstić information content (AvgIpc) is 2.59. The van der Waals surface area contributed by atoms with Crippen LogP contribution in [-0.2, 0) is 4.74 Å². The molecule has 0 saturated carbocycles. The monoisotopic (exact) mass is 386 g/mol. The van der Waals surface area contributed by atoms with Gasteiger partial charge in [0.15, 0.2) is 0 Å². The van der Waals surface area contributed by atoms with Gasteiger partial charge in [0, 0.05) is 11.1 Å². The van der Waals surface area contributed by atoms with Crippen molar-refractivity contribution in [2.45, 2.75) is 19.9 Å². The van der Waals surface area contributed by atoms with Gasteiger partial charge >= 0.3 is 0 Å². The number of aryl methyl sites for hydroxylation is 1. The molecule has 0 aliphatic heterocycles. The quantitative estimate of drug-likeness (QED) is 0.662. The lowest BCUT2D eigenvalue weighted by atomic mass is 10.1. The third-order valence-electron chi connectivity index (χ3n) is 4.01. The Morgan fingerprint density at radius 3 is 2.67 bits per heavy atom. The second-order valence-electron chi connectivity index (χ2n) is 5.58. The van der Waals surface area contributed by atoms with Crippen molar-refractivity contribution in [3.05, 3.63) is 74.7 Å². The van der Waals surface area contributed by atoms with Crippen molar-refractivity contribution in [1.29, 1.82) is 0 Å². The normalized spacial score (nSPS) is 12.5. The SMILES string of the molecule is CCOC[C@H](c1ccccc1)n1c(C)nc2ccc(Br)cc2c1=O. The fourth-order valence-electron chi connectivity index (χ4n) is 2.87. The molecule has 0 fully saturated rings. The first-order valence-electron chi connectivity index (χ1n) is 7.93. The van der Waals surface area contributed by atoms with Gasteiger partial charge in [-0.05, 0) is 37.6 Å². The third kappa shape index (κ3) is 3.28.